The topological polar surface area (TPSA) is 98.1 Å². The molecule has 0 unspecified atom stereocenters. The van der Waals surface area contributed by atoms with Gasteiger partial charge in [0.05, 0.1) is 18.8 Å². The molecular weight excluding hydrogens is 516 g/mol. The number of anilines is 1. The van der Waals surface area contributed by atoms with E-state index in [1.165, 1.54) is 0 Å². The molecule has 1 saturated carbocycles. The smallest absolute Gasteiger partial charge is 0.251 e. The number of rotatable bonds is 7. The highest BCUT2D eigenvalue weighted by Gasteiger charge is 2.64. The van der Waals surface area contributed by atoms with Crippen molar-refractivity contribution in [3.8, 4) is 17.6 Å². The monoisotopic (exact) mass is 560 g/mol. The molecule has 0 aromatic heterocycles. The molecule has 220 valence electrons. The number of piperidine rings is 2. The second-order valence-electron chi connectivity index (χ2n) is 13.1. The van der Waals surface area contributed by atoms with Gasteiger partial charge in [0.25, 0.3) is 5.91 Å². The van der Waals surface area contributed by atoms with Crippen LogP contribution in [0, 0.1) is 22.2 Å². The first-order chi connectivity index (χ1) is 19.5. The summed E-state index contributed by atoms with van der Waals surface area (Å²) >= 11 is 0. The zero-order chi connectivity index (χ0) is 29.4. The van der Waals surface area contributed by atoms with Gasteiger partial charge >= 0.3 is 0 Å². The number of carbonyl (C=O) groups excluding carboxylic acids is 1. The number of aliphatic hydroxyl groups excluding tert-OH is 1. The van der Waals surface area contributed by atoms with E-state index in [9.17, 15) is 15.2 Å². The number of likely N-dealkylation sites (tertiary alicyclic amines) is 1. The van der Waals surface area contributed by atoms with Crippen LogP contribution < -0.4 is 19.7 Å². The van der Waals surface area contributed by atoms with Crippen LogP contribution in [0.2, 0.25) is 0 Å². The summed E-state index contributed by atoms with van der Waals surface area (Å²) in [6.07, 6.45) is 3.76. The van der Waals surface area contributed by atoms with Crippen molar-refractivity contribution in [3.63, 3.8) is 0 Å². The molecule has 0 spiro atoms. The summed E-state index contributed by atoms with van der Waals surface area (Å²) in [5, 5.41) is 22.4. The average Bonchev–Trinajstić information content (AvgIpc) is 2.98. The number of hydrogen-bond donors (Lipinski definition) is 2. The molecule has 1 amide bonds. The van der Waals surface area contributed by atoms with E-state index >= 15 is 0 Å². The summed E-state index contributed by atoms with van der Waals surface area (Å²) in [5.41, 5.74) is 1.66. The van der Waals surface area contributed by atoms with Gasteiger partial charge in [-0.25, -0.2) is 0 Å². The predicted molar refractivity (Wildman–Crippen MR) is 159 cm³/mol. The summed E-state index contributed by atoms with van der Waals surface area (Å²) in [4.78, 5) is 18.3. The van der Waals surface area contributed by atoms with Crippen LogP contribution in [0.25, 0.3) is 0 Å². The van der Waals surface area contributed by atoms with Gasteiger partial charge in [-0.05, 0) is 62.1 Å². The van der Waals surface area contributed by atoms with Crippen LogP contribution in [0.15, 0.2) is 42.5 Å². The molecule has 2 aliphatic heterocycles. The molecule has 2 saturated heterocycles. The molecule has 41 heavy (non-hydrogen) atoms. The van der Waals surface area contributed by atoms with Crippen molar-refractivity contribution in [3.05, 3.63) is 53.6 Å². The van der Waals surface area contributed by atoms with E-state index in [1.807, 2.05) is 12.1 Å². The molecule has 0 radical (unpaired) electrons. The number of methoxy groups -OCH3 is 1. The summed E-state index contributed by atoms with van der Waals surface area (Å²) in [7, 11) is 1.54. The van der Waals surface area contributed by atoms with Gasteiger partial charge in [-0.1, -0.05) is 27.7 Å². The van der Waals surface area contributed by atoms with Gasteiger partial charge in [0.1, 0.15) is 23.7 Å². The minimum absolute atomic E-state index is 0.0767. The number of hydrogen-bond acceptors (Lipinski definition) is 7. The normalized spacial score (nSPS) is 24.7. The highest BCUT2D eigenvalue weighted by atomic mass is 16.5. The first-order valence-electron chi connectivity index (χ1n) is 14.9. The van der Waals surface area contributed by atoms with Gasteiger partial charge < -0.3 is 29.7 Å². The molecule has 5 rings (SSSR count). The Kier molecular flexibility index (Phi) is 8.22. The van der Waals surface area contributed by atoms with Crippen molar-refractivity contribution in [1.29, 1.82) is 5.26 Å². The second-order valence-corrected chi connectivity index (χ2v) is 13.1. The molecule has 3 fully saturated rings. The van der Waals surface area contributed by atoms with Gasteiger partial charge in [-0.3, -0.25) is 4.79 Å². The van der Waals surface area contributed by atoms with Gasteiger partial charge in [0.2, 0.25) is 0 Å². The molecule has 0 atom stereocenters. The van der Waals surface area contributed by atoms with Crippen LogP contribution in [0.4, 0.5) is 5.69 Å². The number of nitriles is 1. The lowest BCUT2D eigenvalue weighted by Crippen LogP contribution is -2.74. The van der Waals surface area contributed by atoms with Gasteiger partial charge in [-0.15, -0.1) is 0 Å². The number of benzene rings is 2. The minimum Gasteiger partial charge on any atom is -0.495 e. The van der Waals surface area contributed by atoms with E-state index in [4.69, 9.17) is 9.47 Å². The molecule has 0 bridgehead atoms. The van der Waals surface area contributed by atoms with Crippen LogP contribution in [-0.2, 0) is 0 Å². The Hall–Kier alpha value is -3.28. The summed E-state index contributed by atoms with van der Waals surface area (Å²) in [6.45, 7) is 12.5. The lowest BCUT2D eigenvalue weighted by molar-refractivity contribution is -0.164. The zero-order valence-electron chi connectivity index (χ0n) is 25.0. The fraction of sp³-hybridized carbons (Fsp3) is 0.576. The van der Waals surface area contributed by atoms with Gasteiger partial charge in [0, 0.05) is 66.4 Å². The average molecular weight is 561 g/mol. The van der Waals surface area contributed by atoms with Crippen molar-refractivity contribution < 1.29 is 19.4 Å². The van der Waals surface area contributed by atoms with Crippen LogP contribution in [-0.4, -0.2) is 73.5 Å². The van der Waals surface area contributed by atoms with E-state index in [0.717, 1.165) is 57.5 Å². The first kappa shape index (κ1) is 29.2. The fourth-order valence-electron chi connectivity index (χ4n) is 7.55. The van der Waals surface area contributed by atoms with E-state index in [2.05, 4.69) is 61.0 Å². The number of amides is 1. The molecule has 2 heterocycles. The van der Waals surface area contributed by atoms with Gasteiger partial charge in [-0.2, -0.15) is 5.26 Å². The van der Waals surface area contributed by atoms with Crippen LogP contribution in [0.3, 0.4) is 0 Å². The Labute approximate surface area is 244 Å². The Morgan fingerprint density at radius 2 is 1.61 bits per heavy atom. The summed E-state index contributed by atoms with van der Waals surface area (Å²) < 4.78 is 11.8. The van der Waals surface area contributed by atoms with Crippen molar-refractivity contribution in [2.75, 3.05) is 38.2 Å². The van der Waals surface area contributed by atoms with E-state index < -0.39 is 0 Å². The minimum atomic E-state index is -0.309. The van der Waals surface area contributed by atoms with Crippen LogP contribution in [0.1, 0.15) is 69.3 Å². The molecular formula is C33H44N4O4. The van der Waals surface area contributed by atoms with Crippen molar-refractivity contribution in [2.45, 2.75) is 77.7 Å². The van der Waals surface area contributed by atoms with E-state index in [0.29, 0.717) is 28.7 Å². The first-order valence-corrected chi connectivity index (χ1v) is 14.9. The van der Waals surface area contributed by atoms with Crippen molar-refractivity contribution in [1.82, 2.24) is 10.2 Å². The number of carbonyl (C=O) groups is 1. The lowest BCUT2D eigenvalue weighted by atomic mass is 9.49. The third-order valence-electron chi connectivity index (χ3n) is 9.64. The molecule has 3 aliphatic rings. The number of aliphatic hydroxyl groups is 1. The molecule has 8 nitrogen and oxygen atoms in total. The number of ether oxygens (including phenoxy) is 2. The second kappa shape index (κ2) is 11.5. The Bertz CT molecular complexity index is 1250. The van der Waals surface area contributed by atoms with Crippen molar-refractivity contribution in [2.24, 2.45) is 10.8 Å². The van der Waals surface area contributed by atoms with Crippen LogP contribution >= 0.6 is 0 Å². The molecule has 2 aromatic carbocycles. The summed E-state index contributed by atoms with van der Waals surface area (Å²) in [6, 6.07) is 15.9. The van der Waals surface area contributed by atoms with Crippen molar-refractivity contribution >= 4 is 11.6 Å². The predicted octanol–water partition coefficient (Wildman–Crippen LogP) is 4.60. The standard InChI is InChI=1S/C33H44N4O4/c1-32(2)30(33(3,4)31(32)41-27-11-8-23(21-34)28(20-27)40-5)35-29(39)22-6-9-24(10-7-22)36-16-12-25(13-17-36)37-18-14-26(38)15-19-37/h6-11,20,25-26,30-31,38H,12-19H2,1-5H3,(H,35,39). The lowest BCUT2D eigenvalue weighted by Gasteiger charge is -2.63. The Morgan fingerprint density at radius 1 is 0.976 bits per heavy atom. The largest absolute Gasteiger partial charge is 0.495 e. The quantitative estimate of drug-likeness (QED) is 0.511. The maximum atomic E-state index is 13.3. The molecule has 2 aromatic rings. The van der Waals surface area contributed by atoms with E-state index in [1.54, 1.807) is 25.3 Å². The Balaban J connectivity index is 1.17. The zero-order valence-corrected chi connectivity index (χ0v) is 25.0. The molecule has 2 N–H and O–H groups in total. The maximum absolute atomic E-state index is 13.3. The van der Waals surface area contributed by atoms with Crippen LogP contribution in [0.5, 0.6) is 11.5 Å². The SMILES string of the molecule is COc1cc(OC2C(C)(C)C(NC(=O)c3ccc(N4CCC(N5CCC(O)CC5)CC4)cc3)C2(C)C)ccc1C#N. The fourth-order valence-corrected chi connectivity index (χ4v) is 7.55. The van der Waals surface area contributed by atoms with Gasteiger partial charge in [0.15, 0.2) is 0 Å². The van der Waals surface area contributed by atoms with E-state index in [-0.39, 0.29) is 35.0 Å². The summed E-state index contributed by atoms with van der Waals surface area (Å²) in [5.74, 6) is 1.05. The number of nitrogens with zero attached hydrogens (tertiary/aromatic N) is 3. The third-order valence-corrected chi connectivity index (χ3v) is 9.64. The number of nitrogens with one attached hydrogen (secondary N) is 1. The highest BCUT2D eigenvalue weighted by molar-refractivity contribution is 5.95. The third kappa shape index (κ3) is 5.75. The molecule has 8 heteroatoms. The Morgan fingerprint density at radius 3 is 2.20 bits per heavy atom. The highest BCUT2D eigenvalue weighted by Crippen LogP contribution is 2.55. The maximum Gasteiger partial charge on any atom is 0.251 e. The molecule has 1 aliphatic carbocycles.